The molecule has 26 heavy (non-hydrogen) atoms. The summed E-state index contributed by atoms with van der Waals surface area (Å²) in [4.78, 5) is 26.1. The van der Waals surface area contributed by atoms with Gasteiger partial charge in [-0.2, -0.15) is 0 Å². The number of amides is 2. The van der Waals surface area contributed by atoms with Crippen LogP contribution in [-0.2, 0) is 15.0 Å². The van der Waals surface area contributed by atoms with Gasteiger partial charge in [0.15, 0.2) is 0 Å². The van der Waals surface area contributed by atoms with Gasteiger partial charge >= 0.3 is 0 Å². The Morgan fingerprint density at radius 1 is 1.08 bits per heavy atom. The number of hydrogen-bond donors (Lipinski definition) is 3. The van der Waals surface area contributed by atoms with Crippen molar-refractivity contribution in [3.05, 3.63) is 46.5 Å². The van der Waals surface area contributed by atoms with Crippen molar-refractivity contribution in [3.63, 3.8) is 0 Å². The molecule has 0 radical (unpaired) electrons. The third-order valence-corrected chi connectivity index (χ3v) is 7.65. The van der Waals surface area contributed by atoms with Crippen LogP contribution >= 0.6 is 15.9 Å². The minimum Gasteiger partial charge on any atom is -0.396 e. The molecule has 2 fully saturated rings. The van der Waals surface area contributed by atoms with E-state index in [4.69, 9.17) is 11.5 Å². The quantitative estimate of drug-likeness (QED) is 0.614. The highest BCUT2D eigenvalue weighted by molar-refractivity contribution is 9.10. The van der Waals surface area contributed by atoms with Crippen LogP contribution in [0.3, 0.4) is 0 Å². The van der Waals surface area contributed by atoms with Crippen molar-refractivity contribution in [1.29, 1.82) is 0 Å². The first-order valence-corrected chi connectivity index (χ1v) is 9.82. The number of allylic oxidation sites excluding steroid dienone is 2. The minimum absolute atomic E-state index is 0.0572. The highest BCUT2D eigenvalue weighted by Crippen LogP contribution is 2.80. The fourth-order valence-electron chi connectivity index (χ4n) is 6.17. The highest BCUT2D eigenvalue weighted by Gasteiger charge is 2.82. The van der Waals surface area contributed by atoms with E-state index in [2.05, 4.69) is 28.1 Å². The average molecular weight is 419 g/mol. The van der Waals surface area contributed by atoms with E-state index in [9.17, 15) is 14.7 Å². The largest absolute Gasteiger partial charge is 0.396 e. The number of benzene rings is 1. The molecule has 1 aromatic rings. The molecular weight excluding hydrogens is 396 g/mol. The molecule has 3 aliphatic rings. The normalized spacial score (nSPS) is 35.8. The Kier molecular flexibility index (Phi) is 3.87. The molecule has 6 heteroatoms. The summed E-state index contributed by atoms with van der Waals surface area (Å²) in [5.41, 5.74) is 10.4. The molecule has 1 spiro atoms. The highest BCUT2D eigenvalue weighted by atomic mass is 79.9. The molecule has 2 bridgehead atoms. The standard InChI is InChI=1S/C20H23BrN2O3/c21-13-4-2-12(3-5-13)20(17(23)26)15-7-6-14(18(15)9-10-18)19(20,16(22)25)8-1-11-24/h2-7,14-15,24H,1,8-11H2,(H2,22,25)(H2,23,26)/t14-,15+,19+,20-/m1/s1. The van der Waals surface area contributed by atoms with E-state index in [1.807, 2.05) is 24.3 Å². The number of hydrogen-bond acceptors (Lipinski definition) is 3. The first-order valence-electron chi connectivity index (χ1n) is 9.03. The van der Waals surface area contributed by atoms with E-state index in [0.717, 1.165) is 22.9 Å². The molecule has 0 heterocycles. The number of primary amides is 2. The number of aliphatic hydroxyl groups is 1. The fourth-order valence-corrected chi connectivity index (χ4v) is 6.43. The molecule has 5 N–H and O–H groups in total. The van der Waals surface area contributed by atoms with E-state index >= 15 is 0 Å². The summed E-state index contributed by atoms with van der Waals surface area (Å²) in [6.45, 7) is -0.0572. The molecule has 3 aliphatic carbocycles. The molecule has 0 saturated heterocycles. The van der Waals surface area contributed by atoms with Crippen LogP contribution in [0.15, 0.2) is 40.9 Å². The van der Waals surface area contributed by atoms with Gasteiger partial charge in [-0.3, -0.25) is 9.59 Å². The predicted molar refractivity (Wildman–Crippen MR) is 101 cm³/mol. The summed E-state index contributed by atoms with van der Waals surface area (Å²) in [7, 11) is 0. The van der Waals surface area contributed by atoms with Crippen molar-refractivity contribution in [2.24, 2.45) is 34.1 Å². The summed E-state index contributed by atoms with van der Waals surface area (Å²) in [6, 6.07) is 7.48. The molecule has 0 aromatic heterocycles. The number of aliphatic hydroxyl groups excluding tert-OH is 1. The maximum atomic E-state index is 13.1. The zero-order valence-corrected chi connectivity index (χ0v) is 16.0. The van der Waals surface area contributed by atoms with E-state index in [-0.39, 0.29) is 23.9 Å². The second-order valence-corrected chi connectivity index (χ2v) is 8.83. The van der Waals surface area contributed by atoms with Gasteiger partial charge in [0.25, 0.3) is 0 Å². The molecule has 4 rings (SSSR count). The number of carbonyl (C=O) groups excluding carboxylic acids is 2. The Labute approximate surface area is 160 Å². The zero-order valence-electron chi connectivity index (χ0n) is 14.5. The van der Waals surface area contributed by atoms with Crippen LogP contribution in [-0.4, -0.2) is 23.5 Å². The van der Waals surface area contributed by atoms with Crippen molar-refractivity contribution in [1.82, 2.24) is 0 Å². The second-order valence-electron chi connectivity index (χ2n) is 7.92. The Hall–Kier alpha value is -1.66. The number of carbonyl (C=O) groups is 2. The molecule has 5 nitrogen and oxygen atoms in total. The Balaban J connectivity index is 2.03. The summed E-state index contributed by atoms with van der Waals surface area (Å²) in [5.74, 6) is -1.24. The van der Waals surface area contributed by atoms with Gasteiger partial charge in [-0.15, -0.1) is 0 Å². The van der Waals surface area contributed by atoms with Crippen LogP contribution < -0.4 is 11.5 Å². The van der Waals surface area contributed by atoms with Crippen LogP contribution in [0.2, 0.25) is 0 Å². The van der Waals surface area contributed by atoms with E-state index in [1.54, 1.807) is 0 Å². The lowest BCUT2D eigenvalue weighted by Crippen LogP contribution is -2.62. The third-order valence-electron chi connectivity index (χ3n) is 7.12. The lowest BCUT2D eigenvalue weighted by atomic mass is 9.52. The van der Waals surface area contributed by atoms with Gasteiger partial charge in [0.2, 0.25) is 11.8 Å². The molecule has 0 unspecified atom stereocenters. The minimum atomic E-state index is -1.18. The van der Waals surface area contributed by atoms with Gasteiger partial charge in [0, 0.05) is 17.0 Å². The fraction of sp³-hybridized carbons (Fsp3) is 0.500. The molecule has 1 aromatic carbocycles. The topological polar surface area (TPSA) is 106 Å². The molecule has 2 amide bonds. The molecule has 0 aliphatic heterocycles. The number of nitrogens with two attached hydrogens (primary N) is 2. The average Bonchev–Trinajstić information content (AvgIpc) is 3.27. The van der Waals surface area contributed by atoms with Gasteiger partial charge in [-0.1, -0.05) is 40.2 Å². The predicted octanol–water partition coefficient (Wildman–Crippen LogP) is 2.01. The number of halogens is 1. The Morgan fingerprint density at radius 2 is 1.69 bits per heavy atom. The van der Waals surface area contributed by atoms with Crippen molar-refractivity contribution < 1.29 is 14.7 Å². The van der Waals surface area contributed by atoms with E-state index < -0.39 is 22.6 Å². The van der Waals surface area contributed by atoms with Crippen molar-refractivity contribution in [2.45, 2.75) is 31.1 Å². The summed E-state index contributed by atoms with van der Waals surface area (Å²) in [5, 5.41) is 9.46. The third kappa shape index (κ3) is 1.84. The van der Waals surface area contributed by atoms with Crippen molar-refractivity contribution in [3.8, 4) is 0 Å². The van der Waals surface area contributed by atoms with E-state index in [0.29, 0.717) is 12.8 Å². The van der Waals surface area contributed by atoms with Gasteiger partial charge in [-0.05, 0) is 54.7 Å². The monoisotopic (exact) mass is 418 g/mol. The lowest BCUT2D eigenvalue weighted by molar-refractivity contribution is -0.144. The van der Waals surface area contributed by atoms with Crippen LogP contribution in [0.1, 0.15) is 31.2 Å². The zero-order chi connectivity index (χ0) is 18.7. The van der Waals surface area contributed by atoms with Gasteiger partial charge in [-0.25, -0.2) is 0 Å². The van der Waals surface area contributed by atoms with Crippen LogP contribution in [0.5, 0.6) is 0 Å². The van der Waals surface area contributed by atoms with Gasteiger partial charge in [0.1, 0.15) is 0 Å². The van der Waals surface area contributed by atoms with E-state index in [1.165, 1.54) is 0 Å². The Morgan fingerprint density at radius 3 is 2.19 bits per heavy atom. The smallest absolute Gasteiger partial charge is 0.229 e. The second kappa shape index (κ2) is 5.67. The maximum absolute atomic E-state index is 13.1. The summed E-state index contributed by atoms with van der Waals surface area (Å²) in [6.07, 6.45) is 6.83. The van der Waals surface area contributed by atoms with Crippen LogP contribution in [0.4, 0.5) is 0 Å². The number of rotatable bonds is 6. The van der Waals surface area contributed by atoms with Crippen molar-refractivity contribution in [2.75, 3.05) is 6.61 Å². The maximum Gasteiger partial charge on any atom is 0.229 e. The first-order chi connectivity index (χ1) is 12.4. The van der Waals surface area contributed by atoms with Gasteiger partial charge < -0.3 is 16.6 Å². The Bertz CT molecular complexity index is 802. The molecule has 138 valence electrons. The lowest BCUT2D eigenvalue weighted by Gasteiger charge is -2.48. The first kappa shape index (κ1) is 17.7. The molecular formula is C20H23BrN2O3. The molecule has 2 saturated carbocycles. The molecule has 4 atom stereocenters. The van der Waals surface area contributed by atoms with Gasteiger partial charge in [0.05, 0.1) is 10.8 Å². The van der Waals surface area contributed by atoms with Crippen LogP contribution in [0.25, 0.3) is 0 Å². The SMILES string of the molecule is NC(=O)[C@]1(CCCO)[C@@H]2C=C[C@@H](C23CC3)[C@@]1(C(N)=O)c1ccc(Br)cc1. The summed E-state index contributed by atoms with van der Waals surface area (Å²) >= 11 is 3.43. The van der Waals surface area contributed by atoms with Crippen molar-refractivity contribution >= 4 is 27.7 Å². The summed E-state index contributed by atoms with van der Waals surface area (Å²) < 4.78 is 0.890. The van der Waals surface area contributed by atoms with Crippen LogP contribution in [0, 0.1) is 22.7 Å².